The number of nitriles is 1. The zero-order valence-electron chi connectivity index (χ0n) is 14.4. The number of nitro groups is 1. The van der Waals surface area contributed by atoms with E-state index in [0.717, 1.165) is 0 Å². The van der Waals surface area contributed by atoms with Gasteiger partial charge in [-0.05, 0) is 24.6 Å². The van der Waals surface area contributed by atoms with Crippen molar-refractivity contribution in [1.82, 2.24) is 4.90 Å². The van der Waals surface area contributed by atoms with Gasteiger partial charge in [0.15, 0.2) is 0 Å². The molecule has 1 atom stereocenters. The summed E-state index contributed by atoms with van der Waals surface area (Å²) in [7, 11) is 1.47. The fourth-order valence-corrected chi connectivity index (χ4v) is 2.61. The smallest absolute Gasteiger partial charge is 0.338 e. The summed E-state index contributed by atoms with van der Waals surface area (Å²) in [4.78, 5) is 28.7. The predicted molar refractivity (Wildman–Crippen MR) is 91.9 cm³/mol. The van der Waals surface area contributed by atoms with Gasteiger partial charge in [-0.1, -0.05) is 0 Å². The van der Waals surface area contributed by atoms with Gasteiger partial charge < -0.3 is 14.4 Å². The second kappa shape index (κ2) is 8.62. The van der Waals surface area contributed by atoms with Crippen LogP contribution in [0.1, 0.15) is 24.9 Å². The van der Waals surface area contributed by atoms with Crippen molar-refractivity contribution >= 4 is 17.7 Å². The number of hydrogen-bond donors (Lipinski definition) is 0. The Labute approximate surface area is 150 Å². The van der Waals surface area contributed by atoms with Gasteiger partial charge in [-0.25, -0.2) is 9.79 Å². The second-order valence-electron chi connectivity index (χ2n) is 5.28. The summed E-state index contributed by atoms with van der Waals surface area (Å²) in [5, 5.41) is 19.5. The van der Waals surface area contributed by atoms with Crippen LogP contribution in [-0.2, 0) is 14.3 Å². The molecule has 0 radical (unpaired) electrons. The summed E-state index contributed by atoms with van der Waals surface area (Å²) in [6.45, 7) is 2.33. The van der Waals surface area contributed by atoms with Crippen LogP contribution in [0, 0.1) is 21.4 Å². The van der Waals surface area contributed by atoms with Crippen molar-refractivity contribution in [1.29, 1.82) is 5.26 Å². The number of carbonyl (C=O) groups excluding carboxylic acids is 1. The van der Waals surface area contributed by atoms with E-state index in [2.05, 4.69) is 4.99 Å². The molecule has 9 nitrogen and oxygen atoms in total. The number of ether oxygens (including phenoxy) is 2. The maximum Gasteiger partial charge on any atom is 0.338 e. The molecule has 136 valence electrons. The second-order valence-corrected chi connectivity index (χ2v) is 5.28. The van der Waals surface area contributed by atoms with Crippen molar-refractivity contribution in [2.45, 2.75) is 19.4 Å². The molecule has 1 aromatic carbocycles. The van der Waals surface area contributed by atoms with Gasteiger partial charge in [0.25, 0.3) is 11.7 Å². The molecule has 0 amide bonds. The van der Waals surface area contributed by atoms with Gasteiger partial charge in [-0.2, -0.15) is 5.26 Å². The number of benzene rings is 1. The average molecular weight is 358 g/mol. The van der Waals surface area contributed by atoms with Crippen LogP contribution in [0.5, 0.6) is 0 Å². The molecule has 0 aliphatic carbocycles. The monoisotopic (exact) mass is 358 g/mol. The summed E-state index contributed by atoms with van der Waals surface area (Å²) in [6, 6.07) is 7.58. The van der Waals surface area contributed by atoms with Crippen LogP contribution in [0.25, 0.3) is 0 Å². The van der Waals surface area contributed by atoms with E-state index in [4.69, 9.17) is 14.7 Å². The number of amidine groups is 1. The molecule has 1 aliphatic heterocycles. The molecule has 0 saturated heterocycles. The lowest BCUT2D eigenvalue weighted by Gasteiger charge is -2.35. The quantitative estimate of drug-likeness (QED) is 0.331. The fraction of sp³-hybridized carbons (Fsp3) is 0.353. The summed E-state index contributed by atoms with van der Waals surface area (Å²) >= 11 is 0. The Bertz CT molecular complexity index is 779. The van der Waals surface area contributed by atoms with E-state index in [9.17, 15) is 14.9 Å². The van der Waals surface area contributed by atoms with Crippen LogP contribution in [0.3, 0.4) is 0 Å². The topological polar surface area (TPSA) is 118 Å². The molecule has 0 saturated carbocycles. The molecule has 1 aliphatic rings. The lowest BCUT2D eigenvalue weighted by Crippen LogP contribution is -2.40. The van der Waals surface area contributed by atoms with Gasteiger partial charge in [0.05, 0.1) is 36.1 Å². The molecular weight excluding hydrogens is 340 g/mol. The maximum atomic E-state index is 12.4. The van der Waals surface area contributed by atoms with Crippen LogP contribution in [-0.4, -0.2) is 42.1 Å². The van der Waals surface area contributed by atoms with Crippen LogP contribution >= 0.6 is 0 Å². The first-order valence-electron chi connectivity index (χ1n) is 7.90. The molecule has 0 spiro atoms. The fourth-order valence-electron chi connectivity index (χ4n) is 2.61. The molecule has 2 rings (SSSR count). The molecule has 0 bridgehead atoms. The first-order chi connectivity index (χ1) is 12.5. The van der Waals surface area contributed by atoms with E-state index in [0.29, 0.717) is 18.1 Å². The maximum absolute atomic E-state index is 12.4. The number of non-ortho nitro benzene ring substituents is 1. The first-order valence-corrected chi connectivity index (χ1v) is 7.90. The molecule has 9 heteroatoms. The number of hydrogen-bond acceptors (Lipinski definition) is 8. The highest BCUT2D eigenvalue weighted by Crippen LogP contribution is 2.33. The van der Waals surface area contributed by atoms with Gasteiger partial charge in [0, 0.05) is 24.9 Å². The minimum Gasteiger partial charge on any atom is -0.468 e. The number of methoxy groups -OCH3 is 1. The van der Waals surface area contributed by atoms with Crippen LogP contribution in [0.2, 0.25) is 0 Å². The van der Waals surface area contributed by atoms with Crippen LogP contribution in [0.4, 0.5) is 5.69 Å². The number of nitrogens with zero attached hydrogens (tertiary/aromatic N) is 4. The van der Waals surface area contributed by atoms with Gasteiger partial charge in [0.1, 0.15) is 6.61 Å². The van der Waals surface area contributed by atoms with Crippen molar-refractivity contribution in [3.63, 3.8) is 0 Å². The van der Waals surface area contributed by atoms with Crippen LogP contribution < -0.4 is 0 Å². The molecule has 1 heterocycles. The molecular formula is C17H18N4O5. The van der Waals surface area contributed by atoms with E-state index in [-0.39, 0.29) is 24.3 Å². The largest absolute Gasteiger partial charge is 0.468 e. The normalized spacial score (nSPS) is 16.2. The average Bonchev–Trinajstić information content (AvgIpc) is 2.66. The SMILES string of the molecule is CCN1C(OC)=NC=C(C(=O)OCCC#N)C1c1ccc([N+](=O)[O-])cc1. The van der Waals surface area contributed by atoms with Crippen molar-refractivity contribution < 1.29 is 19.2 Å². The molecule has 0 fully saturated rings. The van der Waals surface area contributed by atoms with Gasteiger partial charge >= 0.3 is 5.97 Å². The summed E-state index contributed by atoms with van der Waals surface area (Å²) in [5.74, 6) is -0.596. The zero-order chi connectivity index (χ0) is 19.1. The molecule has 0 aromatic heterocycles. The third-order valence-electron chi connectivity index (χ3n) is 3.79. The highest BCUT2D eigenvalue weighted by atomic mass is 16.6. The summed E-state index contributed by atoms with van der Waals surface area (Å²) < 4.78 is 10.4. The highest BCUT2D eigenvalue weighted by molar-refractivity contribution is 5.93. The summed E-state index contributed by atoms with van der Waals surface area (Å²) in [5.41, 5.74) is 0.875. The number of likely N-dealkylation sites (N-methyl/N-ethyl adjacent to an activating group) is 1. The standard InChI is InChI=1S/C17H18N4O5/c1-3-20-15(12-5-7-13(8-6-12)21(23)24)14(11-19-17(20)25-2)16(22)26-10-4-9-18/h5-8,11,15H,3-4,10H2,1-2H3. The van der Waals surface area contributed by atoms with E-state index >= 15 is 0 Å². The molecule has 26 heavy (non-hydrogen) atoms. The third kappa shape index (κ3) is 3.97. The van der Waals surface area contributed by atoms with E-state index in [1.807, 2.05) is 13.0 Å². The Morgan fingerprint density at radius 1 is 1.42 bits per heavy atom. The number of aliphatic imine (C=N–C) groups is 1. The van der Waals surface area contributed by atoms with Crippen molar-refractivity contribution in [3.8, 4) is 6.07 Å². The van der Waals surface area contributed by atoms with E-state index in [1.54, 1.807) is 17.0 Å². The van der Waals surface area contributed by atoms with Crippen molar-refractivity contribution in [2.75, 3.05) is 20.3 Å². The van der Waals surface area contributed by atoms with Gasteiger partial charge in [-0.3, -0.25) is 10.1 Å². The lowest BCUT2D eigenvalue weighted by molar-refractivity contribution is -0.384. The number of carbonyl (C=O) groups is 1. The van der Waals surface area contributed by atoms with Crippen LogP contribution in [0.15, 0.2) is 41.0 Å². The Balaban J connectivity index is 2.40. The highest BCUT2D eigenvalue weighted by Gasteiger charge is 2.34. The number of esters is 1. The molecule has 1 unspecified atom stereocenters. The minimum atomic E-state index is -0.596. The summed E-state index contributed by atoms with van der Waals surface area (Å²) in [6.07, 6.45) is 1.46. The zero-order valence-corrected chi connectivity index (χ0v) is 14.4. The first kappa shape index (κ1) is 18.9. The van der Waals surface area contributed by atoms with Crippen molar-refractivity contribution in [3.05, 3.63) is 51.7 Å². The third-order valence-corrected chi connectivity index (χ3v) is 3.79. The van der Waals surface area contributed by atoms with E-state index < -0.39 is 16.9 Å². The van der Waals surface area contributed by atoms with Crippen molar-refractivity contribution in [2.24, 2.45) is 4.99 Å². The Kier molecular flexibility index (Phi) is 6.27. The number of rotatable bonds is 6. The van der Waals surface area contributed by atoms with Gasteiger partial charge in [0.2, 0.25) is 0 Å². The Hall–Kier alpha value is -3.41. The number of nitro benzene ring substituents is 1. The minimum absolute atomic E-state index is 0.0212. The Morgan fingerprint density at radius 3 is 2.65 bits per heavy atom. The van der Waals surface area contributed by atoms with Gasteiger partial charge in [-0.15, -0.1) is 0 Å². The molecule has 1 aromatic rings. The molecule has 0 N–H and O–H groups in total. The van der Waals surface area contributed by atoms with E-state index in [1.165, 1.54) is 25.4 Å². The lowest BCUT2D eigenvalue weighted by atomic mass is 9.96. The Morgan fingerprint density at radius 2 is 2.12 bits per heavy atom. The predicted octanol–water partition coefficient (Wildman–Crippen LogP) is 2.31.